The van der Waals surface area contributed by atoms with Gasteiger partial charge in [-0.3, -0.25) is 4.98 Å². The molecule has 4 heteroatoms. The molecular weight excluding hydrogens is 184 g/mol. The molecule has 3 nitrogen and oxygen atoms in total. The Morgan fingerprint density at radius 3 is 2.46 bits per heavy atom. The fourth-order valence-electron chi connectivity index (χ4n) is 1.28. The van der Waals surface area contributed by atoms with Crippen molar-refractivity contribution in [2.24, 2.45) is 7.05 Å². The molecule has 1 N–H and O–H groups in total. The average Bonchev–Trinajstić information content (AvgIpc) is 1.94. The molecule has 0 atom stereocenters. The molecule has 0 aliphatic heterocycles. The van der Waals surface area contributed by atoms with E-state index in [1.807, 2.05) is 6.07 Å². The number of hydrogen-bond donors (Lipinski definition) is 1. The van der Waals surface area contributed by atoms with E-state index in [9.17, 15) is 4.79 Å². The van der Waals surface area contributed by atoms with E-state index in [2.05, 4.69) is 25.8 Å². The van der Waals surface area contributed by atoms with Gasteiger partial charge in [-0.1, -0.05) is 33.0 Å². The van der Waals surface area contributed by atoms with Crippen LogP contribution in [-0.2, 0) is 12.5 Å². The van der Waals surface area contributed by atoms with E-state index in [4.69, 9.17) is 12.2 Å². The minimum Gasteiger partial charge on any atom is -0.300 e. The van der Waals surface area contributed by atoms with Gasteiger partial charge in [0.25, 0.3) is 0 Å². The zero-order valence-electron chi connectivity index (χ0n) is 8.34. The van der Waals surface area contributed by atoms with Crippen molar-refractivity contribution in [3.8, 4) is 0 Å². The molecule has 0 radical (unpaired) electrons. The van der Waals surface area contributed by atoms with Crippen LogP contribution in [0.4, 0.5) is 0 Å². The molecule has 1 aromatic rings. The van der Waals surface area contributed by atoms with Crippen molar-refractivity contribution in [3.63, 3.8) is 0 Å². The first kappa shape index (κ1) is 10.2. The van der Waals surface area contributed by atoms with Gasteiger partial charge in [-0.25, -0.2) is 4.79 Å². The number of hydrogen-bond acceptors (Lipinski definition) is 2. The lowest BCUT2D eigenvalue weighted by Gasteiger charge is -2.21. The summed E-state index contributed by atoms with van der Waals surface area (Å²) in [4.78, 5) is 13.9. The van der Waals surface area contributed by atoms with E-state index in [1.165, 1.54) is 0 Å². The van der Waals surface area contributed by atoms with E-state index in [0.29, 0.717) is 4.64 Å². The van der Waals surface area contributed by atoms with Crippen LogP contribution in [0.25, 0.3) is 0 Å². The van der Waals surface area contributed by atoms with Gasteiger partial charge >= 0.3 is 5.69 Å². The highest BCUT2D eigenvalue weighted by Crippen LogP contribution is 2.19. The summed E-state index contributed by atoms with van der Waals surface area (Å²) in [5, 5.41) is 0. The number of aromatic amines is 1. The number of nitrogens with one attached hydrogen (secondary N) is 1. The summed E-state index contributed by atoms with van der Waals surface area (Å²) in [6.45, 7) is 6.16. The lowest BCUT2D eigenvalue weighted by molar-refractivity contribution is 0.524. The second kappa shape index (κ2) is 3.10. The summed E-state index contributed by atoms with van der Waals surface area (Å²) in [6, 6.07) is 1.83. The Balaban J connectivity index is 3.56. The molecule has 1 aromatic heterocycles. The van der Waals surface area contributed by atoms with Gasteiger partial charge < -0.3 is 4.57 Å². The predicted molar refractivity (Wildman–Crippen MR) is 55.6 cm³/mol. The molecule has 0 bridgehead atoms. The lowest BCUT2D eigenvalue weighted by Crippen LogP contribution is -2.29. The zero-order valence-corrected chi connectivity index (χ0v) is 9.16. The maximum atomic E-state index is 11.3. The standard InChI is InChI=1S/C9H14N2OS/c1-9(2,3)6-5-7(13)10-8(12)11(6)4/h5H,1-4H3,(H,10,12,13). The maximum absolute atomic E-state index is 11.3. The number of H-pyrrole nitrogens is 1. The van der Waals surface area contributed by atoms with Gasteiger partial charge in [0.05, 0.1) is 0 Å². The Morgan fingerprint density at radius 1 is 1.46 bits per heavy atom. The number of aromatic nitrogens is 2. The van der Waals surface area contributed by atoms with Crippen LogP contribution >= 0.6 is 12.2 Å². The molecule has 72 valence electrons. The van der Waals surface area contributed by atoms with Crippen molar-refractivity contribution in [3.05, 3.63) is 26.9 Å². The first-order valence-electron chi connectivity index (χ1n) is 4.13. The van der Waals surface area contributed by atoms with Crippen molar-refractivity contribution in [1.29, 1.82) is 0 Å². The van der Waals surface area contributed by atoms with E-state index in [0.717, 1.165) is 5.69 Å². The van der Waals surface area contributed by atoms with Gasteiger partial charge in [-0.05, 0) is 6.07 Å². The fraction of sp³-hybridized carbons (Fsp3) is 0.556. The van der Waals surface area contributed by atoms with Gasteiger partial charge in [-0.2, -0.15) is 0 Å². The second-order valence-electron chi connectivity index (χ2n) is 4.13. The van der Waals surface area contributed by atoms with Crippen molar-refractivity contribution in [2.75, 3.05) is 0 Å². The Bertz CT molecular complexity index is 422. The molecule has 0 aromatic carbocycles. The minimum absolute atomic E-state index is 0.0590. The molecule has 0 aliphatic carbocycles. The normalized spacial score (nSPS) is 11.7. The molecule has 0 unspecified atom stereocenters. The molecule has 1 heterocycles. The van der Waals surface area contributed by atoms with E-state index in [-0.39, 0.29) is 11.1 Å². The molecule has 1 rings (SSSR count). The largest absolute Gasteiger partial charge is 0.326 e. The quantitative estimate of drug-likeness (QED) is 0.645. The van der Waals surface area contributed by atoms with E-state index < -0.39 is 0 Å². The van der Waals surface area contributed by atoms with Crippen molar-refractivity contribution < 1.29 is 0 Å². The Morgan fingerprint density at radius 2 is 2.00 bits per heavy atom. The van der Waals surface area contributed by atoms with Gasteiger partial charge in [0, 0.05) is 18.2 Å². The summed E-state index contributed by atoms with van der Waals surface area (Å²) >= 11 is 4.95. The molecule has 0 aliphatic rings. The van der Waals surface area contributed by atoms with Crippen molar-refractivity contribution in [2.45, 2.75) is 26.2 Å². The van der Waals surface area contributed by atoms with Crippen molar-refractivity contribution in [1.82, 2.24) is 9.55 Å². The molecule has 13 heavy (non-hydrogen) atoms. The first-order chi connectivity index (χ1) is 5.82. The predicted octanol–water partition coefficient (Wildman–Crippen LogP) is 1.74. The van der Waals surface area contributed by atoms with Crippen LogP contribution in [-0.4, -0.2) is 9.55 Å². The minimum atomic E-state index is -0.155. The van der Waals surface area contributed by atoms with Gasteiger partial charge in [-0.15, -0.1) is 0 Å². The van der Waals surface area contributed by atoms with Crippen LogP contribution in [0.5, 0.6) is 0 Å². The third kappa shape index (κ3) is 2.06. The fourth-order valence-corrected chi connectivity index (χ4v) is 1.47. The summed E-state index contributed by atoms with van der Waals surface area (Å²) in [6.07, 6.45) is 0. The second-order valence-corrected chi connectivity index (χ2v) is 4.57. The highest BCUT2D eigenvalue weighted by Gasteiger charge is 2.17. The van der Waals surface area contributed by atoms with Crippen LogP contribution in [0.1, 0.15) is 26.5 Å². The van der Waals surface area contributed by atoms with Crippen LogP contribution in [0, 0.1) is 4.64 Å². The van der Waals surface area contributed by atoms with Gasteiger partial charge in [0.2, 0.25) is 0 Å². The first-order valence-corrected chi connectivity index (χ1v) is 4.54. The average molecular weight is 198 g/mol. The van der Waals surface area contributed by atoms with Crippen LogP contribution in [0.15, 0.2) is 10.9 Å². The molecule has 0 amide bonds. The maximum Gasteiger partial charge on any atom is 0.326 e. The Kier molecular flexibility index (Phi) is 2.43. The van der Waals surface area contributed by atoms with E-state index >= 15 is 0 Å². The Labute approximate surface area is 82.4 Å². The van der Waals surface area contributed by atoms with Crippen LogP contribution in [0.2, 0.25) is 0 Å². The topological polar surface area (TPSA) is 37.8 Å². The number of nitrogens with zero attached hydrogens (tertiary/aromatic N) is 1. The monoisotopic (exact) mass is 198 g/mol. The molecule has 0 saturated carbocycles. The lowest BCUT2D eigenvalue weighted by atomic mass is 9.92. The summed E-state index contributed by atoms with van der Waals surface area (Å²) in [7, 11) is 1.74. The van der Waals surface area contributed by atoms with Crippen molar-refractivity contribution >= 4 is 12.2 Å². The van der Waals surface area contributed by atoms with E-state index in [1.54, 1.807) is 11.6 Å². The SMILES string of the molecule is Cn1c(C(C)(C)C)cc(=S)[nH]c1=O. The zero-order chi connectivity index (χ0) is 10.2. The summed E-state index contributed by atoms with van der Waals surface area (Å²) < 4.78 is 2.09. The highest BCUT2D eigenvalue weighted by molar-refractivity contribution is 7.71. The summed E-state index contributed by atoms with van der Waals surface area (Å²) in [5.74, 6) is 0. The number of rotatable bonds is 0. The molecule has 0 fully saturated rings. The highest BCUT2D eigenvalue weighted by atomic mass is 32.1. The third-order valence-corrected chi connectivity index (χ3v) is 2.15. The molecule has 0 saturated heterocycles. The smallest absolute Gasteiger partial charge is 0.300 e. The molecular formula is C9H14N2OS. The molecule has 0 spiro atoms. The van der Waals surface area contributed by atoms with Gasteiger partial charge in [0.15, 0.2) is 0 Å². The third-order valence-electron chi connectivity index (χ3n) is 1.93. The van der Waals surface area contributed by atoms with Crippen LogP contribution < -0.4 is 5.69 Å². The Hall–Kier alpha value is -0.900. The summed E-state index contributed by atoms with van der Waals surface area (Å²) in [5.41, 5.74) is 0.731. The van der Waals surface area contributed by atoms with Crippen LogP contribution in [0.3, 0.4) is 0 Å². The van der Waals surface area contributed by atoms with Gasteiger partial charge in [0.1, 0.15) is 4.64 Å².